The van der Waals surface area contributed by atoms with E-state index in [0.29, 0.717) is 12.8 Å². The van der Waals surface area contributed by atoms with Crippen molar-refractivity contribution in [2.45, 2.75) is 70.8 Å². The standard InChI is InChI=1S/C14H25NO3/c1-11(7-10-14(17)18)15-13(16)9-8-12-5-3-2-4-6-12/h11-12H,2-10H2,1H3,(H,15,16)(H,17,18). The van der Waals surface area contributed by atoms with E-state index < -0.39 is 5.97 Å². The molecule has 1 unspecified atom stereocenters. The number of carboxylic acids is 1. The van der Waals surface area contributed by atoms with E-state index in [1.165, 1.54) is 32.1 Å². The Morgan fingerprint density at radius 1 is 1.22 bits per heavy atom. The average molecular weight is 255 g/mol. The van der Waals surface area contributed by atoms with E-state index in [1.54, 1.807) is 0 Å². The molecule has 0 bridgehead atoms. The van der Waals surface area contributed by atoms with E-state index >= 15 is 0 Å². The van der Waals surface area contributed by atoms with Crippen LogP contribution in [0.5, 0.6) is 0 Å². The second kappa shape index (κ2) is 8.11. The lowest BCUT2D eigenvalue weighted by atomic mass is 9.86. The molecule has 0 radical (unpaired) electrons. The first-order chi connectivity index (χ1) is 8.58. The Morgan fingerprint density at radius 3 is 2.50 bits per heavy atom. The lowest BCUT2D eigenvalue weighted by molar-refractivity contribution is -0.137. The van der Waals surface area contributed by atoms with Crippen LogP contribution in [0.2, 0.25) is 0 Å². The van der Waals surface area contributed by atoms with Gasteiger partial charge in [-0.3, -0.25) is 9.59 Å². The number of rotatable bonds is 7. The van der Waals surface area contributed by atoms with Crippen molar-refractivity contribution >= 4 is 11.9 Å². The van der Waals surface area contributed by atoms with Gasteiger partial charge in [-0.25, -0.2) is 0 Å². The molecule has 1 aliphatic carbocycles. The lowest BCUT2D eigenvalue weighted by Crippen LogP contribution is -2.33. The molecule has 1 amide bonds. The van der Waals surface area contributed by atoms with Gasteiger partial charge in [-0.1, -0.05) is 32.1 Å². The first-order valence-electron chi connectivity index (χ1n) is 7.09. The van der Waals surface area contributed by atoms with Gasteiger partial charge in [0.2, 0.25) is 5.91 Å². The molecular formula is C14H25NO3. The summed E-state index contributed by atoms with van der Waals surface area (Å²) < 4.78 is 0. The van der Waals surface area contributed by atoms with Crippen molar-refractivity contribution in [2.75, 3.05) is 0 Å². The summed E-state index contributed by atoms with van der Waals surface area (Å²) in [4.78, 5) is 22.1. The van der Waals surface area contributed by atoms with E-state index in [0.717, 1.165) is 12.3 Å². The minimum Gasteiger partial charge on any atom is -0.481 e. The van der Waals surface area contributed by atoms with Crippen LogP contribution >= 0.6 is 0 Å². The highest BCUT2D eigenvalue weighted by Crippen LogP contribution is 2.27. The van der Waals surface area contributed by atoms with Crippen LogP contribution < -0.4 is 5.32 Å². The molecule has 1 fully saturated rings. The molecule has 1 aliphatic rings. The Balaban J connectivity index is 2.10. The Bertz CT molecular complexity index is 272. The molecule has 0 aliphatic heterocycles. The van der Waals surface area contributed by atoms with E-state index in [2.05, 4.69) is 5.32 Å². The van der Waals surface area contributed by atoms with Crippen molar-refractivity contribution < 1.29 is 14.7 Å². The highest BCUT2D eigenvalue weighted by Gasteiger charge is 2.15. The summed E-state index contributed by atoms with van der Waals surface area (Å²) in [6.45, 7) is 1.86. The van der Waals surface area contributed by atoms with Crippen LogP contribution in [0.15, 0.2) is 0 Å². The number of hydrogen-bond donors (Lipinski definition) is 2. The summed E-state index contributed by atoms with van der Waals surface area (Å²) in [7, 11) is 0. The van der Waals surface area contributed by atoms with Crippen molar-refractivity contribution in [1.29, 1.82) is 0 Å². The van der Waals surface area contributed by atoms with Crippen molar-refractivity contribution in [3.8, 4) is 0 Å². The van der Waals surface area contributed by atoms with E-state index in [1.807, 2.05) is 6.92 Å². The van der Waals surface area contributed by atoms with Crippen LogP contribution in [0.3, 0.4) is 0 Å². The van der Waals surface area contributed by atoms with Gasteiger partial charge >= 0.3 is 5.97 Å². The lowest BCUT2D eigenvalue weighted by Gasteiger charge is -2.21. The summed E-state index contributed by atoms with van der Waals surface area (Å²) >= 11 is 0. The third-order valence-corrected chi connectivity index (χ3v) is 3.70. The Morgan fingerprint density at radius 2 is 1.89 bits per heavy atom. The molecule has 0 saturated heterocycles. The van der Waals surface area contributed by atoms with Gasteiger partial charge in [0.05, 0.1) is 0 Å². The van der Waals surface area contributed by atoms with Crippen LogP contribution in [0.25, 0.3) is 0 Å². The van der Waals surface area contributed by atoms with E-state index in [-0.39, 0.29) is 18.4 Å². The van der Waals surface area contributed by atoms with Gasteiger partial charge in [0.25, 0.3) is 0 Å². The number of carbonyl (C=O) groups is 2. The molecule has 0 aromatic carbocycles. The zero-order chi connectivity index (χ0) is 13.4. The Hall–Kier alpha value is -1.06. The van der Waals surface area contributed by atoms with Gasteiger partial charge in [0.1, 0.15) is 0 Å². The molecule has 1 atom stereocenters. The summed E-state index contributed by atoms with van der Waals surface area (Å²) in [5, 5.41) is 11.4. The summed E-state index contributed by atoms with van der Waals surface area (Å²) in [5.41, 5.74) is 0. The maximum Gasteiger partial charge on any atom is 0.303 e. The molecule has 18 heavy (non-hydrogen) atoms. The van der Waals surface area contributed by atoms with Crippen molar-refractivity contribution in [2.24, 2.45) is 5.92 Å². The zero-order valence-electron chi connectivity index (χ0n) is 11.3. The van der Waals surface area contributed by atoms with Crippen LogP contribution in [-0.2, 0) is 9.59 Å². The zero-order valence-corrected chi connectivity index (χ0v) is 11.3. The van der Waals surface area contributed by atoms with Crippen molar-refractivity contribution in [1.82, 2.24) is 5.32 Å². The van der Waals surface area contributed by atoms with Crippen LogP contribution in [0.4, 0.5) is 0 Å². The van der Waals surface area contributed by atoms with Crippen LogP contribution in [-0.4, -0.2) is 23.0 Å². The highest BCUT2D eigenvalue weighted by atomic mass is 16.4. The number of nitrogens with one attached hydrogen (secondary N) is 1. The van der Waals surface area contributed by atoms with Crippen molar-refractivity contribution in [3.05, 3.63) is 0 Å². The van der Waals surface area contributed by atoms with Gasteiger partial charge in [0, 0.05) is 18.9 Å². The van der Waals surface area contributed by atoms with E-state index in [9.17, 15) is 9.59 Å². The topological polar surface area (TPSA) is 66.4 Å². The van der Waals surface area contributed by atoms with Gasteiger partial charge < -0.3 is 10.4 Å². The summed E-state index contributed by atoms with van der Waals surface area (Å²) in [6, 6.07) is -0.0417. The monoisotopic (exact) mass is 255 g/mol. The second-order valence-electron chi connectivity index (χ2n) is 5.44. The molecule has 104 valence electrons. The first-order valence-corrected chi connectivity index (χ1v) is 7.09. The molecule has 4 heteroatoms. The number of carboxylic acid groups (broad SMARTS) is 1. The molecule has 0 aromatic heterocycles. The quantitative estimate of drug-likeness (QED) is 0.735. The third kappa shape index (κ3) is 6.62. The molecule has 0 spiro atoms. The normalized spacial score (nSPS) is 18.3. The largest absolute Gasteiger partial charge is 0.481 e. The van der Waals surface area contributed by atoms with Crippen molar-refractivity contribution in [3.63, 3.8) is 0 Å². The molecule has 1 saturated carbocycles. The second-order valence-corrected chi connectivity index (χ2v) is 5.44. The number of hydrogen-bond acceptors (Lipinski definition) is 2. The average Bonchev–Trinajstić information content (AvgIpc) is 2.35. The predicted octanol–water partition coefficient (Wildman–Crippen LogP) is 2.72. The fourth-order valence-electron chi connectivity index (χ4n) is 2.57. The minimum atomic E-state index is -0.807. The fraction of sp³-hybridized carbons (Fsp3) is 0.857. The highest BCUT2D eigenvalue weighted by molar-refractivity contribution is 5.76. The minimum absolute atomic E-state index is 0.0417. The van der Waals surface area contributed by atoms with Crippen LogP contribution in [0, 0.1) is 5.92 Å². The first kappa shape index (κ1) is 15.0. The van der Waals surface area contributed by atoms with Gasteiger partial charge in [-0.15, -0.1) is 0 Å². The van der Waals surface area contributed by atoms with Gasteiger partial charge in [0.15, 0.2) is 0 Å². The molecule has 2 N–H and O–H groups in total. The number of amides is 1. The summed E-state index contributed by atoms with van der Waals surface area (Å²) in [6.07, 6.45) is 8.68. The predicted molar refractivity (Wildman–Crippen MR) is 70.3 cm³/mol. The molecule has 0 aromatic rings. The van der Waals surface area contributed by atoms with Gasteiger partial charge in [-0.2, -0.15) is 0 Å². The molecule has 1 rings (SSSR count). The summed E-state index contributed by atoms with van der Waals surface area (Å²) in [5.74, 6) is -0.0180. The maximum absolute atomic E-state index is 11.7. The molecule has 4 nitrogen and oxygen atoms in total. The SMILES string of the molecule is CC(CCC(=O)O)NC(=O)CCC1CCCCC1. The number of aliphatic carboxylic acids is 1. The van der Waals surface area contributed by atoms with Crippen LogP contribution in [0.1, 0.15) is 64.7 Å². The molecule has 0 heterocycles. The molecular weight excluding hydrogens is 230 g/mol. The Kier molecular flexibility index (Phi) is 6.76. The smallest absolute Gasteiger partial charge is 0.303 e. The Labute approximate surface area is 109 Å². The van der Waals surface area contributed by atoms with E-state index in [4.69, 9.17) is 5.11 Å². The van der Waals surface area contributed by atoms with Gasteiger partial charge in [-0.05, 0) is 25.7 Å². The third-order valence-electron chi connectivity index (χ3n) is 3.70. The maximum atomic E-state index is 11.7. The fourth-order valence-corrected chi connectivity index (χ4v) is 2.57. The number of carbonyl (C=O) groups excluding carboxylic acids is 1.